The predicted molar refractivity (Wildman–Crippen MR) is 37.8 cm³/mol. The molecule has 0 spiro atoms. The topological polar surface area (TPSA) is 9.23 Å². The number of para-hydroxylation sites is 1. The molecule has 0 saturated carbocycles. The average Bonchev–Trinajstić information content (AvgIpc) is 1.95. The maximum Gasteiger partial charge on any atom is 0.487 e. The average molecular weight is 215 g/mol. The van der Waals surface area contributed by atoms with E-state index in [1.165, 1.54) is 0 Å². The molecule has 13 heavy (non-hydrogen) atoms. The second-order valence-corrected chi connectivity index (χ2v) is 2.54. The van der Waals surface area contributed by atoms with Gasteiger partial charge in [0, 0.05) is 11.6 Å². The van der Waals surface area contributed by atoms with E-state index in [-0.39, 0.29) is 0 Å². The zero-order chi connectivity index (χ0) is 10.1. The van der Waals surface area contributed by atoms with Crippen LogP contribution in [0.3, 0.4) is 0 Å². The van der Waals surface area contributed by atoms with Crippen molar-refractivity contribution in [1.29, 1.82) is 0 Å². The van der Waals surface area contributed by atoms with Gasteiger partial charge in [-0.05, 0) is 12.1 Å². The molecule has 6 heteroatoms. The van der Waals surface area contributed by atoms with E-state index in [9.17, 15) is 17.6 Å². The Labute approximate surface area is 75.9 Å². The molecule has 0 aliphatic heterocycles. The first-order valence-electron chi connectivity index (χ1n) is 3.10. The van der Waals surface area contributed by atoms with E-state index in [0.29, 0.717) is 0 Å². The van der Waals surface area contributed by atoms with E-state index in [1.807, 2.05) is 0 Å². The molecule has 72 valence electrons. The standard InChI is InChI=1S/C7H3ClF4O/c8-7(11,12)13-6-4(9)2-1-3-5(6)10/h1-3H. The minimum Gasteiger partial charge on any atom is -0.414 e. The molecule has 0 atom stereocenters. The van der Waals surface area contributed by atoms with E-state index < -0.39 is 23.0 Å². The van der Waals surface area contributed by atoms with Crippen molar-refractivity contribution in [2.24, 2.45) is 0 Å². The summed E-state index contributed by atoms with van der Waals surface area (Å²) in [6.07, 6.45) is 0. The highest BCUT2D eigenvalue weighted by atomic mass is 35.5. The second-order valence-electron chi connectivity index (χ2n) is 2.10. The first-order chi connectivity index (χ1) is 5.90. The number of hydrogen-bond donors (Lipinski definition) is 0. The zero-order valence-corrected chi connectivity index (χ0v) is 6.79. The predicted octanol–water partition coefficient (Wildman–Crippen LogP) is 3.13. The molecule has 0 aliphatic carbocycles. The van der Waals surface area contributed by atoms with Gasteiger partial charge >= 0.3 is 5.57 Å². The van der Waals surface area contributed by atoms with Crippen molar-refractivity contribution in [2.75, 3.05) is 0 Å². The molecule has 0 saturated heterocycles. The van der Waals surface area contributed by atoms with Gasteiger partial charge < -0.3 is 4.74 Å². The van der Waals surface area contributed by atoms with Crippen LogP contribution >= 0.6 is 11.6 Å². The van der Waals surface area contributed by atoms with Crippen molar-refractivity contribution in [2.45, 2.75) is 5.57 Å². The first-order valence-corrected chi connectivity index (χ1v) is 3.48. The van der Waals surface area contributed by atoms with Gasteiger partial charge in [0.15, 0.2) is 17.4 Å². The van der Waals surface area contributed by atoms with Crippen molar-refractivity contribution in [3.8, 4) is 5.75 Å². The molecule has 1 aromatic carbocycles. The van der Waals surface area contributed by atoms with Crippen LogP contribution in [0.2, 0.25) is 0 Å². The molecule has 0 heterocycles. The lowest BCUT2D eigenvalue weighted by atomic mass is 10.3. The quantitative estimate of drug-likeness (QED) is 0.543. The number of ether oxygens (including phenoxy) is 1. The summed E-state index contributed by atoms with van der Waals surface area (Å²) in [4.78, 5) is 0. The number of hydrogen-bond acceptors (Lipinski definition) is 1. The summed E-state index contributed by atoms with van der Waals surface area (Å²) in [5.74, 6) is -3.66. The summed E-state index contributed by atoms with van der Waals surface area (Å²) in [5, 5.41) is 0. The molecule has 0 fully saturated rings. The molecule has 1 aromatic rings. The van der Waals surface area contributed by atoms with Crippen molar-refractivity contribution >= 4 is 11.6 Å². The van der Waals surface area contributed by atoms with Crippen LogP contribution in [-0.4, -0.2) is 5.57 Å². The minimum atomic E-state index is -4.12. The Bertz CT molecular complexity index is 290. The zero-order valence-electron chi connectivity index (χ0n) is 6.03. The fraction of sp³-hybridized carbons (Fsp3) is 0.143. The summed E-state index contributed by atoms with van der Waals surface area (Å²) >= 11 is 4.32. The summed E-state index contributed by atoms with van der Waals surface area (Å²) in [7, 11) is 0. The van der Waals surface area contributed by atoms with Gasteiger partial charge in [-0.25, -0.2) is 8.78 Å². The smallest absolute Gasteiger partial charge is 0.414 e. The summed E-state index contributed by atoms with van der Waals surface area (Å²) in [5.41, 5.74) is -4.12. The van der Waals surface area contributed by atoms with Crippen LogP contribution in [0.25, 0.3) is 0 Å². The highest BCUT2D eigenvalue weighted by molar-refractivity contribution is 6.20. The van der Waals surface area contributed by atoms with Crippen LogP contribution in [-0.2, 0) is 0 Å². The maximum absolute atomic E-state index is 12.6. The van der Waals surface area contributed by atoms with Gasteiger partial charge in [-0.2, -0.15) is 0 Å². The monoisotopic (exact) mass is 214 g/mol. The molecule has 0 unspecified atom stereocenters. The minimum absolute atomic E-state index is 0.779. The number of benzene rings is 1. The van der Waals surface area contributed by atoms with Gasteiger partial charge in [0.05, 0.1) is 0 Å². The van der Waals surface area contributed by atoms with Gasteiger partial charge in [-0.15, -0.1) is 8.78 Å². The van der Waals surface area contributed by atoms with Gasteiger partial charge in [0.2, 0.25) is 0 Å². The summed E-state index contributed by atoms with van der Waals surface area (Å²) in [6.45, 7) is 0. The lowest BCUT2D eigenvalue weighted by Gasteiger charge is -2.11. The normalized spacial score (nSPS) is 11.5. The van der Waals surface area contributed by atoms with Crippen LogP contribution in [0.1, 0.15) is 0 Å². The molecule has 0 aliphatic rings. The molecule has 0 radical (unpaired) electrons. The van der Waals surface area contributed by atoms with E-state index in [1.54, 1.807) is 0 Å². The first kappa shape index (κ1) is 10.1. The van der Waals surface area contributed by atoms with Crippen molar-refractivity contribution in [3.05, 3.63) is 29.8 Å². The van der Waals surface area contributed by atoms with Gasteiger partial charge in [-0.3, -0.25) is 0 Å². The second kappa shape index (κ2) is 3.41. The number of halogens is 5. The third-order valence-electron chi connectivity index (χ3n) is 1.14. The molecular formula is C7H3ClF4O. The molecular weight excluding hydrogens is 212 g/mol. The summed E-state index contributed by atoms with van der Waals surface area (Å²) < 4.78 is 52.7. The van der Waals surface area contributed by atoms with Crippen LogP contribution in [0.4, 0.5) is 17.6 Å². The largest absolute Gasteiger partial charge is 0.487 e. The molecule has 0 amide bonds. The third kappa shape index (κ3) is 2.77. The van der Waals surface area contributed by atoms with E-state index >= 15 is 0 Å². The van der Waals surface area contributed by atoms with Gasteiger partial charge in [-0.1, -0.05) is 6.07 Å². The van der Waals surface area contributed by atoms with Crippen molar-refractivity contribution < 1.29 is 22.3 Å². The molecule has 0 aromatic heterocycles. The summed E-state index contributed by atoms with van der Waals surface area (Å²) in [6, 6.07) is 2.58. The Morgan fingerprint density at radius 2 is 1.62 bits per heavy atom. The molecule has 0 N–H and O–H groups in total. The maximum atomic E-state index is 12.6. The van der Waals surface area contributed by atoms with Crippen molar-refractivity contribution in [1.82, 2.24) is 0 Å². The third-order valence-corrected chi connectivity index (χ3v) is 1.21. The van der Waals surface area contributed by atoms with Crippen LogP contribution in [0.15, 0.2) is 18.2 Å². The Morgan fingerprint density at radius 1 is 1.15 bits per heavy atom. The van der Waals surface area contributed by atoms with Crippen molar-refractivity contribution in [3.63, 3.8) is 0 Å². The SMILES string of the molecule is Fc1cccc(F)c1OC(F)(F)Cl. The Hall–Kier alpha value is -0.970. The Kier molecular flexibility index (Phi) is 2.66. The van der Waals surface area contributed by atoms with E-state index in [4.69, 9.17) is 0 Å². The fourth-order valence-corrected chi connectivity index (χ4v) is 0.773. The highest BCUT2D eigenvalue weighted by Crippen LogP contribution is 2.29. The Balaban J connectivity index is 3.00. The molecule has 0 bridgehead atoms. The van der Waals surface area contributed by atoms with Gasteiger partial charge in [0.25, 0.3) is 0 Å². The van der Waals surface area contributed by atoms with Crippen LogP contribution in [0.5, 0.6) is 5.75 Å². The lowest BCUT2D eigenvalue weighted by Crippen LogP contribution is -2.17. The lowest BCUT2D eigenvalue weighted by molar-refractivity contribution is -0.100. The Morgan fingerprint density at radius 3 is 2.00 bits per heavy atom. The highest BCUT2D eigenvalue weighted by Gasteiger charge is 2.30. The van der Waals surface area contributed by atoms with Gasteiger partial charge in [0.1, 0.15) is 0 Å². The van der Waals surface area contributed by atoms with Crippen LogP contribution in [0, 0.1) is 11.6 Å². The van der Waals surface area contributed by atoms with Crippen LogP contribution < -0.4 is 4.74 Å². The fourth-order valence-electron chi connectivity index (χ4n) is 0.696. The number of alkyl halides is 3. The van der Waals surface area contributed by atoms with E-state index in [2.05, 4.69) is 16.3 Å². The molecule has 1 nitrogen and oxygen atoms in total. The van der Waals surface area contributed by atoms with E-state index in [0.717, 1.165) is 18.2 Å². The molecule has 1 rings (SSSR count). The number of rotatable bonds is 2.